The largest absolute Gasteiger partial charge is 2.00 e. The van der Waals surface area contributed by atoms with Crippen molar-refractivity contribution in [3.05, 3.63) is 82.1 Å². The minimum absolute atomic E-state index is 0. The summed E-state index contributed by atoms with van der Waals surface area (Å²) in [7, 11) is 0. The van der Waals surface area contributed by atoms with Gasteiger partial charge in [0.05, 0.1) is 0 Å². The van der Waals surface area contributed by atoms with Gasteiger partial charge in [0.25, 0.3) is 0 Å². The molecular formula is C27H36ClN3Sn. The van der Waals surface area contributed by atoms with Crippen molar-refractivity contribution in [3.8, 4) is 11.4 Å². The molecule has 2 radical (unpaired) electrons. The molecule has 0 N–H and O–H groups in total. The first kappa shape index (κ1) is 28.6. The van der Waals surface area contributed by atoms with Gasteiger partial charge in [0, 0.05) is 5.62 Å². The fraction of sp³-hybridized carbons (Fsp3) is 0.444. The summed E-state index contributed by atoms with van der Waals surface area (Å²) in [6, 6.07) is 13.0. The van der Waals surface area contributed by atoms with E-state index in [1.165, 1.54) is 22.3 Å². The Kier molecular flexibility index (Phi) is 10.4. The molecule has 0 fully saturated rings. The number of imidazole rings is 1. The molecular weight excluding hydrogens is 520 g/mol. The second-order valence-corrected chi connectivity index (χ2v) is 9.53. The normalized spacial score (nSPS) is 11.2. The molecule has 0 saturated carbocycles. The van der Waals surface area contributed by atoms with Crippen LogP contribution < -0.4 is 18.0 Å². The van der Waals surface area contributed by atoms with E-state index in [1.54, 1.807) is 0 Å². The van der Waals surface area contributed by atoms with Crippen LogP contribution in [0, 0.1) is 0 Å². The van der Waals surface area contributed by atoms with Crippen LogP contribution in [-0.2, 0) is 0 Å². The Labute approximate surface area is 217 Å². The minimum atomic E-state index is 0. The summed E-state index contributed by atoms with van der Waals surface area (Å²) in [5, 5.41) is 11.5. The van der Waals surface area contributed by atoms with Crippen molar-refractivity contribution in [1.82, 2.24) is 9.13 Å². The van der Waals surface area contributed by atoms with E-state index in [9.17, 15) is 5.41 Å². The third kappa shape index (κ3) is 5.36. The maximum absolute atomic E-state index is 11.5. The molecule has 0 amide bonds. The number of hydrogen-bond acceptors (Lipinski definition) is 0. The number of para-hydroxylation sites is 2. The molecule has 3 aromatic rings. The molecule has 1 aromatic heterocycles. The maximum atomic E-state index is 11.5. The smallest absolute Gasteiger partial charge is 1.00 e. The van der Waals surface area contributed by atoms with Gasteiger partial charge < -0.3 is 27.0 Å². The van der Waals surface area contributed by atoms with E-state index in [4.69, 9.17) is 0 Å². The Hall–Kier alpha value is -1.46. The minimum Gasteiger partial charge on any atom is -1.00 e. The van der Waals surface area contributed by atoms with E-state index in [2.05, 4.69) is 91.8 Å². The van der Waals surface area contributed by atoms with Gasteiger partial charge in [0.15, 0.2) is 0 Å². The molecule has 170 valence electrons. The molecule has 1 heterocycles. The van der Waals surface area contributed by atoms with E-state index in [1.807, 2.05) is 21.5 Å². The molecule has 5 heteroatoms. The van der Waals surface area contributed by atoms with Gasteiger partial charge in [-0.1, -0.05) is 91.8 Å². The molecule has 0 bridgehead atoms. The second kappa shape index (κ2) is 11.6. The summed E-state index contributed by atoms with van der Waals surface area (Å²) in [5.74, 6) is 1.46. The molecule has 0 aliphatic heterocycles. The molecule has 2 aromatic carbocycles. The van der Waals surface area contributed by atoms with Gasteiger partial charge in [-0.05, 0) is 69.7 Å². The summed E-state index contributed by atoms with van der Waals surface area (Å²) in [6.07, 6.45) is 4.01. The number of benzene rings is 2. The molecule has 0 atom stereocenters. The number of hydrogen-bond donors (Lipinski definition) is 0. The van der Waals surface area contributed by atoms with Crippen molar-refractivity contribution in [1.29, 1.82) is 0 Å². The van der Waals surface area contributed by atoms with Gasteiger partial charge in [-0.15, -0.1) is 0 Å². The summed E-state index contributed by atoms with van der Waals surface area (Å²) >= 11 is 0. The van der Waals surface area contributed by atoms with E-state index >= 15 is 0 Å². The molecule has 0 aliphatic carbocycles. The molecule has 0 saturated heterocycles. The molecule has 0 spiro atoms. The standard InChI is InChI=1S/C27H36N3.ClH.Sn/c1-17(2)21-11-9-12-22(18(3)4)25(21)29-15-16-30(27(29)28)26-23(19(5)6)13-10-14-24(26)20(7)8;;/h9-20H,1-8H3;1H;/q-1;;+2/p-1. The third-order valence-corrected chi connectivity index (χ3v) is 5.96. The van der Waals surface area contributed by atoms with Crippen LogP contribution in [0.25, 0.3) is 16.8 Å². The second-order valence-electron chi connectivity index (χ2n) is 9.53. The van der Waals surface area contributed by atoms with Crippen molar-refractivity contribution in [2.45, 2.75) is 79.1 Å². The van der Waals surface area contributed by atoms with E-state index < -0.39 is 0 Å². The van der Waals surface area contributed by atoms with Crippen molar-refractivity contribution in [2.24, 2.45) is 0 Å². The van der Waals surface area contributed by atoms with Gasteiger partial charge >= 0.3 is 23.9 Å². The fourth-order valence-electron chi connectivity index (χ4n) is 4.31. The van der Waals surface area contributed by atoms with Crippen LogP contribution in [0.15, 0.2) is 48.8 Å². The first-order valence-electron chi connectivity index (χ1n) is 11.2. The van der Waals surface area contributed by atoms with Gasteiger partial charge in [-0.3, -0.25) is 0 Å². The average molecular weight is 557 g/mol. The van der Waals surface area contributed by atoms with Crippen LogP contribution in [0.5, 0.6) is 0 Å². The Balaban J connectivity index is 0.00000256. The molecule has 32 heavy (non-hydrogen) atoms. The zero-order valence-electron chi connectivity index (χ0n) is 20.6. The number of halogens is 1. The van der Waals surface area contributed by atoms with Crippen molar-refractivity contribution < 1.29 is 12.4 Å². The van der Waals surface area contributed by atoms with Crippen LogP contribution in [0.4, 0.5) is 0 Å². The summed E-state index contributed by atoms with van der Waals surface area (Å²) < 4.78 is 3.93. The van der Waals surface area contributed by atoms with Gasteiger partial charge in [0.1, 0.15) is 0 Å². The summed E-state index contributed by atoms with van der Waals surface area (Å²) in [5.41, 5.74) is 7.46. The first-order chi connectivity index (χ1) is 14.1. The Morgan fingerprint density at radius 2 is 0.812 bits per heavy atom. The van der Waals surface area contributed by atoms with Crippen molar-refractivity contribution in [3.63, 3.8) is 0 Å². The summed E-state index contributed by atoms with van der Waals surface area (Å²) in [4.78, 5) is 0. The Morgan fingerprint density at radius 1 is 0.562 bits per heavy atom. The number of aromatic nitrogens is 2. The Bertz CT molecular complexity index is 954. The van der Waals surface area contributed by atoms with Crippen LogP contribution in [0.1, 0.15) is 101 Å². The van der Waals surface area contributed by atoms with Gasteiger partial charge in [0.2, 0.25) is 0 Å². The number of nitrogens with zero attached hydrogens (tertiary/aromatic N) is 3. The first-order valence-corrected chi connectivity index (χ1v) is 11.2. The van der Waals surface area contributed by atoms with Gasteiger partial charge in [-0.2, -0.15) is 0 Å². The number of rotatable bonds is 6. The van der Waals surface area contributed by atoms with Crippen LogP contribution in [-0.4, -0.2) is 33.0 Å². The molecule has 3 rings (SSSR count). The van der Waals surface area contributed by atoms with Crippen molar-refractivity contribution in [2.75, 3.05) is 0 Å². The topological polar surface area (TPSA) is 32.2 Å². The van der Waals surface area contributed by atoms with E-state index in [0.29, 0.717) is 23.7 Å². The SMILES string of the molecule is CC(C)c1cccc(C(C)C)c1-n1ccn(-c2c(C(C)C)cccc2C(C)C)c1=[N-].[Cl-].[Sn+2]. The molecule has 0 unspecified atom stereocenters. The van der Waals surface area contributed by atoms with Gasteiger partial charge in [-0.25, -0.2) is 0 Å². The Morgan fingerprint density at radius 3 is 1.03 bits per heavy atom. The van der Waals surface area contributed by atoms with E-state index in [-0.39, 0.29) is 41.9 Å². The van der Waals surface area contributed by atoms with E-state index in [0.717, 1.165) is 11.4 Å². The third-order valence-electron chi connectivity index (χ3n) is 5.96. The average Bonchev–Trinajstić information content (AvgIpc) is 3.07. The summed E-state index contributed by atoms with van der Waals surface area (Å²) in [6.45, 7) is 17.7. The quantitative estimate of drug-likeness (QED) is 0.414. The molecule has 0 aliphatic rings. The predicted octanol–water partition coefficient (Wildman–Crippen LogP) is 3.85. The van der Waals surface area contributed by atoms with Crippen LogP contribution in [0.3, 0.4) is 0 Å². The predicted molar refractivity (Wildman–Crippen MR) is 134 cm³/mol. The van der Waals surface area contributed by atoms with Crippen LogP contribution >= 0.6 is 0 Å². The fourth-order valence-corrected chi connectivity index (χ4v) is 4.31. The zero-order chi connectivity index (χ0) is 22.2. The molecule has 3 nitrogen and oxygen atoms in total. The zero-order valence-corrected chi connectivity index (χ0v) is 24.3. The van der Waals surface area contributed by atoms with Crippen molar-refractivity contribution >= 4 is 23.9 Å². The van der Waals surface area contributed by atoms with Crippen LogP contribution in [0.2, 0.25) is 0 Å². The monoisotopic (exact) mass is 557 g/mol. The maximum Gasteiger partial charge on any atom is 2.00 e.